The summed E-state index contributed by atoms with van der Waals surface area (Å²) in [6.07, 6.45) is -4.12. The molecule has 2 aromatic rings. The van der Waals surface area contributed by atoms with E-state index in [1.165, 1.54) is 43.3 Å². The fourth-order valence-corrected chi connectivity index (χ4v) is 8.88. The molecule has 354 valence electrons. The number of sulfone groups is 1. The summed E-state index contributed by atoms with van der Waals surface area (Å²) in [4.78, 5) is 91.1. The number of phosphoric acid groups is 1. The molecule has 5 rings (SSSR count). The van der Waals surface area contributed by atoms with Crippen LogP contribution in [0.3, 0.4) is 0 Å². The number of phosphoric ester groups is 1. The van der Waals surface area contributed by atoms with Crippen LogP contribution < -0.4 is 9.84 Å². The second kappa shape index (κ2) is 22.0. The van der Waals surface area contributed by atoms with Crippen LogP contribution in [0.1, 0.15) is 51.7 Å². The standard InChI is InChI=1S/C41H50N3O19PS/c1-26-6-12-30(13-7-26)65(53,54)25-27(2)60-39(50)42-31-23-56-32(24-57-38(49)41(3,4)5)37(31)63-64(52,59-21-20-55-19-18-43-33(45)14-15-34(43)46)62-29-10-8-28(9-11-29)22-58-40(51)61-44-35(47)16-17-36(44)48/h6-15,27,31-32,37H,16-25H2,1-5H3,(H,42,50)/t27?,31-,32-,37?,64?/m1/s1. The largest absolute Gasteiger partial charge is 0.534 e. The number of imide groups is 2. The summed E-state index contributed by atoms with van der Waals surface area (Å²) in [5, 5.41) is 2.87. The van der Waals surface area contributed by atoms with Crippen molar-refractivity contribution >= 4 is 59.5 Å². The molecule has 0 radical (unpaired) electrons. The monoisotopic (exact) mass is 951 g/mol. The Morgan fingerprint density at radius 2 is 1.55 bits per heavy atom. The maximum atomic E-state index is 14.6. The number of carbonyl (C=O) groups excluding carboxylic acids is 7. The van der Waals surface area contributed by atoms with Gasteiger partial charge in [0, 0.05) is 25.0 Å². The summed E-state index contributed by atoms with van der Waals surface area (Å²) < 4.78 is 85.3. The van der Waals surface area contributed by atoms with E-state index in [4.69, 9.17) is 42.1 Å². The first kappa shape index (κ1) is 50.3. The number of hydroxylamine groups is 2. The lowest BCUT2D eigenvalue weighted by Crippen LogP contribution is -2.47. The van der Waals surface area contributed by atoms with Crippen LogP contribution in [0.15, 0.2) is 65.6 Å². The highest BCUT2D eigenvalue weighted by molar-refractivity contribution is 7.91. The smallest absolute Gasteiger partial charge is 0.462 e. The molecule has 0 saturated carbocycles. The van der Waals surface area contributed by atoms with Crippen molar-refractivity contribution < 1.29 is 88.6 Å². The van der Waals surface area contributed by atoms with E-state index in [9.17, 15) is 46.5 Å². The zero-order valence-electron chi connectivity index (χ0n) is 36.2. The van der Waals surface area contributed by atoms with E-state index in [-0.39, 0.29) is 56.5 Å². The van der Waals surface area contributed by atoms with Crippen molar-refractivity contribution in [2.24, 2.45) is 5.41 Å². The molecule has 5 amide bonds. The van der Waals surface area contributed by atoms with E-state index in [0.717, 1.165) is 22.6 Å². The second-order valence-corrected chi connectivity index (χ2v) is 19.4. The molecule has 0 aliphatic carbocycles. The molecule has 2 saturated heterocycles. The Morgan fingerprint density at radius 1 is 0.908 bits per heavy atom. The summed E-state index contributed by atoms with van der Waals surface area (Å²) in [5.74, 6) is -3.67. The third-order valence-electron chi connectivity index (χ3n) is 9.45. The number of carbonyl (C=O) groups is 7. The van der Waals surface area contributed by atoms with Gasteiger partial charge in [0.05, 0.1) is 55.1 Å². The lowest BCUT2D eigenvalue weighted by Gasteiger charge is -2.28. The van der Waals surface area contributed by atoms with Crippen LogP contribution in [-0.4, -0.2) is 130 Å². The van der Waals surface area contributed by atoms with Gasteiger partial charge in [-0.05, 0) is 64.4 Å². The SMILES string of the molecule is Cc1ccc(S(=O)(=O)CC(C)OC(=O)N[C@@H]2CO[C@H](COC(=O)C(C)(C)C)C2OP(=O)(OCCOCCN2C(=O)C=CC2=O)Oc2ccc(COC(=O)ON3C(=O)CCC3=O)cc2)cc1. The molecule has 65 heavy (non-hydrogen) atoms. The zero-order valence-corrected chi connectivity index (χ0v) is 37.9. The highest BCUT2D eigenvalue weighted by Crippen LogP contribution is 2.52. The van der Waals surface area contributed by atoms with E-state index in [2.05, 4.69) is 5.32 Å². The molecule has 2 fully saturated rings. The number of esters is 1. The maximum absolute atomic E-state index is 14.6. The van der Waals surface area contributed by atoms with Crippen molar-refractivity contribution in [3.63, 3.8) is 0 Å². The van der Waals surface area contributed by atoms with Crippen LogP contribution in [0.25, 0.3) is 0 Å². The Morgan fingerprint density at radius 3 is 2.18 bits per heavy atom. The molecule has 3 heterocycles. The normalized spacial score (nSPS) is 20.1. The first-order chi connectivity index (χ1) is 30.6. The van der Waals surface area contributed by atoms with Gasteiger partial charge in [-0.25, -0.2) is 22.6 Å². The van der Waals surface area contributed by atoms with Crippen molar-refractivity contribution in [1.29, 1.82) is 0 Å². The molecule has 3 unspecified atom stereocenters. The number of ether oxygens (including phenoxy) is 5. The van der Waals surface area contributed by atoms with E-state index in [1.54, 1.807) is 39.8 Å². The van der Waals surface area contributed by atoms with Crippen molar-refractivity contribution in [2.45, 2.75) is 83.3 Å². The molecule has 24 heteroatoms. The minimum Gasteiger partial charge on any atom is -0.462 e. The third-order valence-corrected chi connectivity index (χ3v) is 12.8. The van der Waals surface area contributed by atoms with E-state index < -0.39 is 108 Å². The molecule has 0 spiro atoms. The number of hydrogen-bond donors (Lipinski definition) is 1. The zero-order chi connectivity index (χ0) is 47.5. The van der Waals surface area contributed by atoms with E-state index in [0.29, 0.717) is 10.6 Å². The van der Waals surface area contributed by atoms with Gasteiger partial charge in [0.2, 0.25) is 0 Å². The van der Waals surface area contributed by atoms with Crippen LogP contribution in [0.2, 0.25) is 0 Å². The molecular formula is C41H50N3O19PS. The molecule has 0 bridgehead atoms. The highest BCUT2D eigenvalue weighted by atomic mass is 32.2. The average Bonchev–Trinajstić information content (AvgIpc) is 3.87. The van der Waals surface area contributed by atoms with Crippen molar-refractivity contribution in [2.75, 3.05) is 45.3 Å². The maximum Gasteiger partial charge on any atom is 0.534 e. The lowest BCUT2D eigenvalue weighted by atomic mass is 9.97. The number of benzene rings is 2. The topological polar surface area (TPSA) is 272 Å². The van der Waals surface area contributed by atoms with Gasteiger partial charge < -0.3 is 33.5 Å². The van der Waals surface area contributed by atoms with Crippen LogP contribution in [0.5, 0.6) is 5.75 Å². The molecule has 1 N–H and O–H groups in total. The fourth-order valence-electron chi connectivity index (χ4n) is 6.03. The summed E-state index contributed by atoms with van der Waals surface area (Å²) in [6, 6.07) is 10.4. The van der Waals surface area contributed by atoms with Gasteiger partial charge >= 0.3 is 26.0 Å². The number of nitrogens with one attached hydrogen (secondary N) is 1. The van der Waals surface area contributed by atoms with Gasteiger partial charge in [0.15, 0.2) is 9.84 Å². The number of rotatable bonds is 21. The van der Waals surface area contributed by atoms with Crippen LogP contribution in [0.4, 0.5) is 9.59 Å². The van der Waals surface area contributed by atoms with E-state index >= 15 is 0 Å². The molecular weight excluding hydrogens is 901 g/mol. The van der Waals surface area contributed by atoms with Crippen molar-refractivity contribution in [3.05, 3.63) is 71.8 Å². The Bertz CT molecular complexity index is 2250. The summed E-state index contributed by atoms with van der Waals surface area (Å²) in [6.45, 7) is 6.07. The van der Waals surface area contributed by atoms with Gasteiger partial charge in [-0.1, -0.05) is 34.9 Å². The Kier molecular flexibility index (Phi) is 17.0. The lowest BCUT2D eigenvalue weighted by molar-refractivity contribution is -0.177. The molecule has 3 aliphatic rings. The van der Waals surface area contributed by atoms with Gasteiger partial charge in [-0.3, -0.25) is 42.8 Å². The molecule has 0 aromatic heterocycles. The quantitative estimate of drug-likeness (QED) is 0.0616. The first-order valence-electron chi connectivity index (χ1n) is 20.2. The predicted octanol–water partition coefficient (Wildman–Crippen LogP) is 3.49. The number of amides is 5. The van der Waals surface area contributed by atoms with Crippen molar-refractivity contribution in [1.82, 2.24) is 15.3 Å². The molecule has 5 atom stereocenters. The first-order valence-corrected chi connectivity index (χ1v) is 23.3. The molecule has 22 nitrogen and oxygen atoms in total. The summed E-state index contributed by atoms with van der Waals surface area (Å²) in [5.41, 5.74) is 0.283. The molecule has 2 aromatic carbocycles. The number of hydrogen-bond acceptors (Lipinski definition) is 19. The third kappa shape index (κ3) is 14.6. The Hall–Kier alpha value is -5.71. The number of aryl methyl sites for hydroxylation is 1. The summed E-state index contributed by atoms with van der Waals surface area (Å²) in [7, 11) is -8.68. The fraction of sp³-hybridized carbons (Fsp3) is 0.488. The summed E-state index contributed by atoms with van der Waals surface area (Å²) >= 11 is 0. The second-order valence-electron chi connectivity index (χ2n) is 15.9. The number of nitrogens with zero attached hydrogens (tertiary/aromatic N) is 2. The van der Waals surface area contributed by atoms with E-state index in [1.807, 2.05) is 0 Å². The van der Waals surface area contributed by atoms with Crippen LogP contribution in [0, 0.1) is 12.3 Å². The highest BCUT2D eigenvalue weighted by Gasteiger charge is 2.47. The van der Waals surface area contributed by atoms with Gasteiger partial charge in [-0.2, -0.15) is 0 Å². The average molecular weight is 952 g/mol. The van der Waals surface area contributed by atoms with Crippen LogP contribution >= 0.6 is 7.82 Å². The minimum atomic E-state index is -4.82. The van der Waals surface area contributed by atoms with Crippen molar-refractivity contribution in [3.8, 4) is 5.75 Å². The van der Waals surface area contributed by atoms with Gasteiger partial charge in [0.25, 0.3) is 23.6 Å². The Labute approximate surface area is 374 Å². The van der Waals surface area contributed by atoms with Gasteiger partial charge in [-0.15, -0.1) is 0 Å². The predicted molar refractivity (Wildman–Crippen MR) is 221 cm³/mol. The number of alkyl carbamates (subject to hydrolysis) is 1. The van der Waals surface area contributed by atoms with Crippen LogP contribution in [-0.2, 0) is 82.6 Å². The minimum absolute atomic E-state index is 0.0394. The Balaban J connectivity index is 1.29. The van der Waals surface area contributed by atoms with Gasteiger partial charge in [0.1, 0.15) is 37.3 Å². The molecule has 3 aliphatic heterocycles.